The van der Waals surface area contributed by atoms with Crippen LogP contribution in [0.2, 0.25) is 0 Å². The lowest BCUT2D eigenvalue weighted by atomic mass is 10.1. The third-order valence-corrected chi connectivity index (χ3v) is 3.53. The molecule has 3 N–H and O–H groups in total. The summed E-state index contributed by atoms with van der Waals surface area (Å²) in [6.07, 6.45) is 0. The fraction of sp³-hybridized carbons (Fsp3) is 0.583. The Labute approximate surface area is 106 Å². The van der Waals surface area contributed by atoms with E-state index in [1.165, 1.54) is 9.75 Å². The van der Waals surface area contributed by atoms with E-state index >= 15 is 0 Å². The number of amides is 2. The first-order valence-electron chi connectivity index (χ1n) is 5.68. The third-order valence-electron chi connectivity index (χ3n) is 2.54. The van der Waals surface area contributed by atoms with Gasteiger partial charge in [0, 0.05) is 9.75 Å². The van der Waals surface area contributed by atoms with E-state index < -0.39 is 0 Å². The molecule has 96 valence electrons. The van der Waals surface area contributed by atoms with Gasteiger partial charge in [0.15, 0.2) is 0 Å². The number of rotatable bonds is 4. The standard InChI is InChI=1S/C12H20N2O2S/c1-7(6-15)13-12(16)14-9(3)11-5-8(2)17-10(11)4/h5,7,9,15H,6H2,1-4H3,(H2,13,14,16). The van der Waals surface area contributed by atoms with Crippen molar-refractivity contribution in [3.63, 3.8) is 0 Å². The first kappa shape index (κ1) is 14.0. The van der Waals surface area contributed by atoms with E-state index in [-0.39, 0.29) is 24.7 Å². The highest BCUT2D eigenvalue weighted by Crippen LogP contribution is 2.25. The van der Waals surface area contributed by atoms with Crippen molar-refractivity contribution in [1.29, 1.82) is 0 Å². The summed E-state index contributed by atoms with van der Waals surface area (Å²) in [5, 5.41) is 14.4. The normalized spacial score (nSPS) is 14.2. The molecule has 2 amide bonds. The summed E-state index contributed by atoms with van der Waals surface area (Å²) in [5.41, 5.74) is 1.15. The lowest BCUT2D eigenvalue weighted by molar-refractivity contribution is 0.218. The van der Waals surface area contributed by atoms with Crippen LogP contribution in [0.25, 0.3) is 0 Å². The molecule has 2 unspecified atom stereocenters. The van der Waals surface area contributed by atoms with Crippen LogP contribution in [-0.2, 0) is 0 Å². The summed E-state index contributed by atoms with van der Waals surface area (Å²) in [6, 6.07) is 1.60. The van der Waals surface area contributed by atoms with Crippen LogP contribution >= 0.6 is 11.3 Å². The lowest BCUT2D eigenvalue weighted by Crippen LogP contribution is -2.43. The van der Waals surface area contributed by atoms with E-state index in [1.54, 1.807) is 18.3 Å². The van der Waals surface area contributed by atoms with Crippen molar-refractivity contribution >= 4 is 17.4 Å². The van der Waals surface area contributed by atoms with Crippen LogP contribution in [-0.4, -0.2) is 23.8 Å². The van der Waals surface area contributed by atoms with Gasteiger partial charge in [-0.1, -0.05) is 0 Å². The number of nitrogens with one attached hydrogen (secondary N) is 2. The Hall–Kier alpha value is -1.07. The van der Waals surface area contributed by atoms with E-state index in [4.69, 9.17) is 5.11 Å². The van der Waals surface area contributed by atoms with Gasteiger partial charge in [-0.05, 0) is 39.3 Å². The zero-order chi connectivity index (χ0) is 13.0. The predicted octanol–water partition coefficient (Wildman–Crippen LogP) is 2.11. The highest BCUT2D eigenvalue weighted by molar-refractivity contribution is 7.12. The van der Waals surface area contributed by atoms with Crippen molar-refractivity contribution in [2.45, 2.75) is 39.8 Å². The van der Waals surface area contributed by atoms with Gasteiger partial charge in [-0.2, -0.15) is 0 Å². The SMILES string of the molecule is Cc1cc(C(C)NC(=O)NC(C)CO)c(C)s1. The highest BCUT2D eigenvalue weighted by atomic mass is 32.1. The van der Waals surface area contributed by atoms with Crippen LogP contribution in [0.3, 0.4) is 0 Å². The number of carbonyl (C=O) groups is 1. The Balaban J connectivity index is 2.57. The Morgan fingerprint density at radius 1 is 1.41 bits per heavy atom. The van der Waals surface area contributed by atoms with E-state index in [0.29, 0.717) is 0 Å². The number of aliphatic hydroxyl groups excluding tert-OH is 1. The number of thiophene rings is 1. The molecular formula is C12H20N2O2S. The summed E-state index contributed by atoms with van der Waals surface area (Å²) < 4.78 is 0. The van der Waals surface area contributed by atoms with Crippen molar-refractivity contribution in [2.24, 2.45) is 0 Å². The minimum absolute atomic E-state index is 0.0224. The molecule has 4 nitrogen and oxygen atoms in total. The van der Waals surface area contributed by atoms with Crippen LogP contribution in [0.15, 0.2) is 6.07 Å². The Bertz CT molecular complexity index is 390. The Kier molecular flexibility index (Phi) is 4.96. The van der Waals surface area contributed by atoms with Crippen molar-refractivity contribution in [3.05, 3.63) is 21.4 Å². The molecule has 0 radical (unpaired) electrons. The molecule has 0 spiro atoms. The van der Waals surface area contributed by atoms with Gasteiger partial charge >= 0.3 is 6.03 Å². The van der Waals surface area contributed by atoms with Crippen LogP contribution in [0.4, 0.5) is 4.79 Å². The van der Waals surface area contributed by atoms with E-state index in [2.05, 4.69) is 30.5 Å². The second-order valence-corrected chi connectivity index (χ2v) is 5.75. The smallest absolute Gasteiger partial charge is 0.315 e. The molecule has 2 atom stereocenters. The maximum atomic E-state index is 11.6. The Morgan fingerprint density at radius 2 is 2.06 bits per heavy atom. The van der Waals surface area contributed by atoms with E-state index in [1.807, 2.05) is 6.92 Å². The minimum atomic E-state index is -0.248. The lowest BCUT2D eigenvalue weighted by Gasteiger charge is -2.17. The molecule has 1 aromatic heterocycles. The third kappa shape index (κ3) is 4.02. The van der Waals surface area contributed by atoms with E-state index in [9.17, 15) is 4.79 Å². The summed E-state index contributed by atoms with van der Waals surface area (Å²) in [4.78, 5) is 14.1. The van der Waals surface area contributed by atoms with E-state index in [0.717, 1.165) is 5.56 Å². The molecule has 0 aromatic carbocycles. The van der Waals surface area contributed by atoms with Gasteiger partial charge in [-0.3, -0.25) is 0 Å². The number of urea groups is 1. The van der Waals surface area contributed by atoms with Crippen LogP contribution < -0.4 is 10.6 Å². The molecule has 0 fully saturated rings. The van der Waals surface area contributed by atoms with Gasteiger partial charge in [-0.25, -0.2) is 4.79 Å². The fourth-order valence-corrected chi connectivity index (χ4v) is 2.69. The monoisotopic (exact) mass is 256 g/mol. The van der Waals surface area contributed by atoms with Crippen molar-refractivity contribution in [1.82, 2.24) is 10.6 Å². The van der Waals surface area contributed by atoms with Crippen molar-refractivity contribution in [3.8, 4) is 0 Å². The molecule has 1 rings (SSSR count). The fourth-order valence-electron chi connectivity index (χ4n) is 1.67. The summed E-state index contributed by atoms with van der Waals surface area (Å²) in [7, 11) is 0. The van der Waals surface area contributed by atoms with Gasteiger partial charge in [0.1, 0.15) is 0 Å². The second-order valence-electron chi connectivity index (χ2n) is 4.29. The maximum absolute atomic E-state index is 11.6. The molecule has 17 heavy (non-hydrogen) atoms. The molecule has 5 heteroatoms. The van der Waals surface area contributed by atoms with Gasteiger partial charge in [0.05, 0.1) is 18.7 Å². The summed E-state index contributed by atoms with van der Waals surface area (Å²) >= 11 is 1.73. The molecule has 0 aliphatic heterocycles. The number of aryl methyl sites for hydroxylation is 2. The average molecular weight is 256 g/mol. The van der Waals surface area contributed by atoms with Gasteiger partial charge < -0.3 is 15.7 Å². The number of hydrogen-bond acceptors (Lipinski definition) is 3. The predicted molar refractivity (Wildman–Crippen MR) is 70.4 cm³/mol. The zero-order valence-electron chi connectivity index (χ0n) is 10.7. The molecule has 0 aliphatic rings. The van der Waals surface area contributed by atoms with Crippen LogP contribution in [0.5, 0.6) is 0 Å². The van der Waals surface area contributed by atoms with Gasteiger partial charge in [0.25, 0.3) is 0 Å². The average Bonchev–Trinajstić information content (AvgIpc) is 2.57. The summed E-state index contributed by atoms with van der Waals surface area (Å²) in [6.45, 7) is 7.77. The first-order chi connectivity index (χ1) is 7.93. The van der Waals surface area contributed by atoms with Crippen LogP contribution in [0, 0.1) is 13.8 Å². The molecular weight excluding hydrogens is 236 g/mol. The molecule has 0 saturated carbocycles. The largest absolute Gasteiger partial charge is 0.394 e. The molecule has 0 aliphatic carbocycles. The van der Waals surface area contributed by atoms with Gasteiger partial charge in [0.2, 0.25) is 0 Å². The molecule has 0 saturated heterocycles. The molecule has 1 heterocycles. The Morgan fingerprint density at radius 3 is 2.53 bits per heavy atom. The van der Waals surface area contributed by atoms with Gasteiger partial charge in [-0.15, -0.1) is 11.3 Å². The summed E-state index contributed by atoms with van der Waals surface area (Å²) in [5.74, 6) is 0. The molecule has 1 aromatic rings. The molecule has 0 bridgehead atoms. The number of carbonyl (C=O) groups excluding carboxylic acids is 1. The number of aliphatic hydroxyl groups is 1. The minimum Gasteiger partial charge on any atom is -0.394 e. The van der Waals surface area contributed by atoms with Crippen molar-refractivity contribution in [2.75, 3.05) is 6.61 Å². The van der Waals surface area contributed by atoms with Crippen molar-refractivity contribution < 1.29 is 9.90 Å². The maximum Gasteiger partial charge on any atom is 0.315 e. The second kappa shape index (κ2) is 6.02. The quantitative estimate of drug-likeness (QED) is 0.772. The number of hydrogen-bond donors (Lipinski definition) is 3. The highest BCUT2D eigenvalue weighted by Gasteiger charge is 2.14. The first-order valence-corrected chi connectivity index (χ1v) is 6.50. The zero-order valence-corrected chi connectivity index (χ0v) is 11.5. The topological polar surface area (TPSA) is 61.4 Å². The van der Waals surface area contributed by atoms with Crippen LogP contribution in [0.1, 0.15) is 35.2 Å².